The molecule has 19 heteroatoms. The molecule has 0 spiro atoms. The molecule has 17 nitrogen and oxygen atoms in total. The van der Waals surface area contributed by atoms with Crippen LogP contribution < -0.4 is 0 Å². The number of carbonyl (C=O) groups excluding carboxylic acids is 4. The summed E-state index contributed by atoms with van der Waals surface area (Å²) in [5.74, 6) is -2.17. The molecule has 0 saturated heterocycles. The van der Waals surface area contributed by atoms with E-state index in [0.29, 0.717) is 25.7 Å². The van der Waals surface area contributed by atoms with Gasteiger partial charge in [-0.1, -0.05) is 293 Å². The monoisotopic (exact) mass is 1400 g/mol. The van der Waals surface area contributed by atoms with E-state index in [1.165, 1.54) is 83.5 Å². The molecule has 0 aromatic rings. The predicted octanol–water partition coefficient (Wildman–Crippen LogP) is 21.7. The summed E-state index contributed by atoms with van der Waals surface area (Å²) in [5, 5.41) is 10.6. The molecule has 0 rings (SSSR count). The van der Waals surface area contributed by atoms with Gasteiger partial charge in [-0.2, -0.15) is 0 Å². The molecule has 0 heterocycles. The fourth-order valence-electron chi connectivity index (χ4n) is 10.4. The van der Waals surface area contributed by atoms with Gasteiger partial charge in [0.15, 0.2) is 12.2 Å². The van der Waals surface area contributed by atoms with Crippen LogP contribution >= 0.6 is 15.6 Å². The average Bonchev–Trinajstić information content (AvgIpc) is 1.85. The molecule has 5 unspecified atom stereocenters. The Morgan fingerprint density at radius 2 is 0.542 bits per heavy atom. The average molecular weight is 1400 g/mol. The quantitative estimate of drug-likeness (QED) is 0.0169. The van der Waals surface area contributed by atoms with E-state index in [-0.39, 0.29) is 25.7 Å². The van der Waals surface area contributed by atoms with Crippen LogP contribution in [0.3, 0.4) is 0 Å². The predicted molar refractivity (Wildman–Crippen MR) is 390 cm³/mol. The van der Waals surface area contributed by atoms with Crippen molar-refractivity contribution in [3.05, 3.63) is 72.9 Å². The summed E-state index contributed by atoms with van der Waals surface area (Å²) < 4.78 is 68.4. The van der Waals surface area contributed by atoms with Gasteiger partial charge in [-0.15, -0.1) is 0 Å². The minimum absolute atomic E-state index is 0.0838. The highest BCUT2D eigenvalue weighted by molar-refractivity contribution is 7.47. The van der Waals surface area contributed by atoms with Crippen molar-refractivity contribution in [2.24, 2.45) is 0 Å². The van der Waals surface area contributed by atoms with Crippen LogP contribution in [-0.2, 0) is 65.4 Å². The topological polar surface area (TPSA) is 237 Å². The number of ether oxygens (including phenoxy) is 4. The molecule has 0 radical (unpaired) electrons. The van der Waals surface area contributed by atoms with Gasteiger partial charge in [-0.05, 0) is 89.9 Å². The lowest BCUT2D eigenvalue weighted by atomic mass is 10.1. The van der Waals surface area contributed by atoms with Crippen molar-refractivity contribution in [2.45, 2.75) is 354 Å². The van der Waals surface area contributed by atoms with Gasteiger partial charge in [-0.3, -0.25) is 37.3 Å². The summed E-state index contributed by atoms with van der Waals surface area (Å²) in [7, 11) is -9.93. The second kappa shape index (κ2) is 70.0. The first-order chi connectivity index (χ1) is 46.7. The van der Waals surface area contributed by atoms with Gasteiger partial charge < -0.3 is 33.8 Å². The minimum atomic E-state index is -4.97. The Kier molecular flexibility index (Phi) is 67.4. The normalized spacial score (nSPS) is 14.4. The molecule has 0 bridgehead atoms. The molecule has 558 valence electrons. The number of phosphoric ester groups is 2. The SMILES string of the molecule is CC/C=C\C/C=C\C/C=C\CCCCCCCCCC(=O)OCC(COP(=O)(O)OCC(O)COP(=O)(O)OCC(COC(=O)CCCCCCCCCCCCC)OC(=O)CCCCCCCCCCCCC)OC(=O)CCCCCCCCC/C=C\C/C=C\C/C=C\CC. The lowest BCUT2D eigenvalue weighted by Gasteiger charge is -2.21. The van der Waals surface area contributed by atoms with E-state index in [1.807, 2.05) is 0 Å². The van der Waals surface area contributed by atoms with Gasteiger partial charge in [0.2, 0.25) is 0 Å². The number of hydrogen-bond donors (Lipinski definition) is 3. The van der Waals surface area contributed by atoms with Crippen molar-refractivity contribution in [2.75, 3.05) is 39.6 Å². The Labute approximate surface area is 583 Å². The van der Waals surface area contributed by atoms with Gasteiger partial charge in [0.1, 0.15) is 19.3 Å². The number of allylic oxidation sites excluding steroid dienone is 12. The highest BCUT2D eigenvalue weighted by Crippen LogP contribution is 2.45. The zero-order valence-electron chi connectivity index (χ0n) is 60.8. The number of hydrogen-bond acceptors (Lipinski definition) is 15. The van der Waals surface area contributed by atoms with Crippen LogP contribution in [0.15, 0.2) is 72.9 Å². The number of phosphoric acid groups is 2. The van der Waals surface area contributed by atoms with Gasteiger partial charge in [0.05, 0.1) is 26.4 Å². The first-order valence-electron chi connectivity index (χ1n) is 38.2. The van der Waals surface area contributed by atoms with E-state index in [0.717, 1.165) is 173 Å². The van der Waals surface area contributed by atoms with E-state index in [1.54, 1.807) is 0 Å². The molecule has 0 aromatic carbocycles. The zero-order valence-corrected chi connectivity index (χ0v) is 62.6. The lowest BCUT2D eigenvalue weighted by molar-refractivity contribution is -0.161. The van der Waals surface area contributed by atoms with Crippen molar-refractivity contribution < 1.29 is 80.2 Å². The van der Waals surface area contributed by atoms with Crippen molar-refractivity contribution in [1.82, 2.24) is 0 Å². The maximum atomic E-state index is 13.1. The molecular formula is C77H138O17P2. The van der Waals surface area contributed by atoms with Crippen LogP contribution in [0.5, 0.6) is 0 Å². The minimum Gasteiger partial charge on any atom is -0.462 e. The molecule has 0 aliphatic heterocycles. The van der Waals surface area contributed by atoms with Crippen LogP contribution in [0.1, 0.15) is 336 Å². The van der Waals surface area contributed by atoms with E-state index in [4.69, 9.17) is 37.0 Å². The molecule has 0 amide bonds. The highest BCUT2D eigenvalue weighted by Gasteiger charge is 2.30. The fraction of sp³-hybridized carbons (Fsp3) is 0.792. The second-order valence-electron chi connectivity index (χ2n) is 25.5. The Morgan fingerprint density at radius 3 is 0.833 bits per heavy atom. The molecule has 96 heavy (non-hydrogen) atoms. The number of aliphatic hydroxyl groups excluding tert-OH is 1. The maximum absolute atomic E-state index is 13.1. The molecule has 0 aliphatic carbocycles. The van der Waals surface area contributed by atoms with E-state index < -0.39 is 97.5 Å². The van der Waals surface area contributed by atoms with Gasteiger partial charge in [0.25, 0.3) is 0 Å². The lowest BCUT2D eigenvalue weighted by Crippen LogP contribution is -2.30. The molecule has 3 N–H and O–H groups in total. The van der Waals surface area contributed by atoms with Crippen molar-refractivity contribution in [3.63, 3.8) is 0 Å². The third kappa shape index (κ3) is 69.0. The van der Waals surface area contributed by atoms with Crippen LogP contribution in [0.2, 0.25) is 0 Å². The smallest absolute Gasteiger partial charge is 0.462 e. The van der Waals surface area contributed by atoms with E-state index in [2.05, 4.69) is 101 Å². The van der Waals surface area contributed by atoms with Crippen molar-refractivity contribution in [3.8, 4) is 0 Å². The molecule has 0 aliphatic rings. The highest BCUT2D eigenvalue weighted by atomic mass is 31.2. The fourth-order valence-corrected chi connectivity index (χ4v) is 12.0. The Balaban J connectivity index is 5.31. The Hall–Kier alpha value is -3.50. The maximum Gasteiger partial charge on any atom is 0.472 e. The number of aliphatic hydroxyl groups is 1. The first kappa shape index (κ1) is 92.5. The zero-order chi connectivity index (χ0) is 70.4. The largest absolute Gasteiger partial charge is 0.472 e. The van der Waals surface area contributed by atoms with Crippen LogP contribution in [0.25, 0.3) is 0 Å². The first-order valence-corrected chi connectivity index (χ1v) is 41.2. The summed E-state index contributed by atoms with van der Waals surface area (Å²) in [4.78, 5) is 72.8. The van der Waals surface area contributed by atoms with E-state index in [9.17, 15) is 43.2 Å². The summed E-state index contributed by atoms with van der Waals surface area (Å²) in [6, 6.07) is 0. The third-order valence-corrected chi connectivity index (χ3v) is 18.1. The number of esters is 4. The molecule has 0 saturated carbocycles. The summed E-state index contributed by atoms with van der Waals surface area (Å²) in [6.45, 7) is 4.66. The van der Waals surface area contributed by atoms with Crippen molar-refractivity contribution >= 4 is 39.5 Å². The third-order valence-electron chi connectivity index (χ3n) is 16.2. The van der Waals surface area contributed by atoms with E-state index >= 15 is 0 Å². The van der Waals surface area contributed by atoms with Crippen LogP contribution in [0.4, 0.5) is 0 Å². The van der Waals surface area contributed by atoms with Gasteiger partial charge >= 0.3 is 39.5 Å². The van der Waals surface area contributed by atoms with Crippen molar-refractivity contribution in [1.29, 1.82) is 0 Å². The number of rotatable bonds is 72. The Bertz CT molecular complexity index is 2110. The van der Waals surface area contributed by atoms with Gasteiger partial charge in [0, 0.05) is 25.7 Å². The van der Waals surface area contributed by atoms with Gasteiger partial charge in [-0.25, -0.2) is 9.13 Å². The summed E-state index contributed by atoms with van der Waals surface area (Å²) in [5.41, 5.74) is 0. The molecular weight excluding hydrogens is 1260 g/mol. The number of unbranched alkanes of at least 4 members (excludes halogenated alkanes) is 34. The molecule has 0 aromatic heterocycles. The van der Waals surface area contributed by atoms with Crippen LogP contribution in [-0.4, -0.2) is 96.7 Å². The second-order valence-corrected chi connectivity index (χ2v) is 28.5. The standard InChI is InChI=1S/C77H138O17P2/c1-5-9-13-17-21-25-29-31-33-35-37-39-43-46-50-54-58-62-75(80)88-68-73(94-77(82)64-60-56-52-48-44-40-38-36-34-32-30-26-22-18-14-10-6-2)70-92-96(85,86)90-66-71(78)65-89-95(83,84)91-69-72(93-76(81)63-59-55-51-47-42-28-24-20-16-12-8-4)67-87-74(79)61-57-53-49-45-41-27-23-19-15-11-7-3/h9-10,13-14,21-22,25-26,31-34,71-73,78H,5-8,11-12,15-20,23-24,27-30,35-70H2,1-4H3,(H,83,84)(H,85,86)/b13-9-,14-10-,25-21-,26-22-,33-31-,34-32-. The Morgan fingerprint density at radius 1 is 0.302 bits per heavy atom. The molecule has 0 fully saturated rings. The van der Waals surface area contributed by atoms with Crippen LogP contribution in [0, 0.1) is 0 Å². The summed E-state index contributed by atoms with van der Waals surface area (Å²) >= 11 is 0. The molecule has 5 atom stereocenters. The summed E-state index contributed by atoms with van der Waals surface area (Å²) in [6.07, 6.45) is 68.9. The number of carbonyl (C=O) groups is 4.